The Morgan fingerprint density at radius 2 is 0.828 bits per heavy atom. The van der Waals surface area contributed by atoms with E-state index < -0.39 is 159 Å². The van der Waals surface area contributed by atoms with E-state index in [9.17, 15) is 139 Å². The maximum Gasteiger partial charge on any atom is 1.00 e. The number of aromatic nitrogens is 6. The topological polar surface area (TPSA) is 351 Å². The van der Waals surface area contributed by atoms with Gasteiger partial charge in [-0.15, -0.1) is 0 Å². The minimum absolute atomic E-state index is 0. The molecule has 1 unspecified atom stereocenters. The van der Waals surface area contributed by atoms with Gasteiger partial charge in [0, 0.05) is 94.5 Å². The number of benzene rings is 10. The summed E-state index contributed by atoms with van der Waals surface area (Å²) >= 11 is 3.89. The number of alkyl halides is 15. The maximum absolute atomic E-state index is 14.2. The van der Waals surface area contributed by atoms with Gasteiger partial charge < -0.3 is 28.5 Å². The van der Waals surface area contributed by atoms with Crippen LogP contribution in [0, 0.1) is 44.0 Å². The van der Waals surface area contributed by atoms with E-state index >= 15 is 0 Å². The number of H-pyrrole nitrogens is 1. The Labute approximate surface area is 801 Å². The van der Waals surface area contributed by atoms with Crippen molar-refractivity contribution in [1.29, 1.82) is 0 Å². The van der Waals surface area contributed by atoms with Crippen LogP contribution in [0.5, 0.6) is 5.75 Å². The largest absolute Gasteiger partial charge is 1.00 e. The summed E-state index contributed by atoms with van der Waals surface area (Å²) in [6.07, 6.45) is -9.76. The van der Waals surface area contributed by atoms with E-state index in [4.69, 9.17) is 31.4 Å². The molecule has 0 bridgehead atoms. The summed E-state index contributed by atoms with van der Waals surface area (Å²) < 4.78 is 388. The van der Waals surface area contributed by atoms with Crippen LogP contribution in [0.15, 0.2) is 289 Å². The van der Waals surface area contributed by atoms with E-state index in [2.05, 4.69) is 60.7 Å². The average Bonchev–Trinajstić information content (AvgIpc) is 1.50. The molecule has 54 heteroatoms. The SMILES string of the molecule is COC(=O)Cc1cccc(OS(=O)(=O)C(F)(F)F)c1.Cc1ncc[nH]1.Cc1nccn1S(=O)(=O)c1cccc(-c2ccc(C(F)(F)F)cc2F)c1.Cc1nccn1S(=O)(=O)c1cccc(Br)c1.O=S(=O)(Cl)c1cccc(-c2ccc(C(F)(F)F)cc2F)c1.O=S(=O)(Cl)c1cccc(Br)c1.O=S([O-])c1cccc(-c2ccc(C(F)(F)F)cc2F)c1.OB(O)c1ccc(C(F)(F)F)cc1F.[Na+]. The van der Waals surface area contributed by atoms with Crippen LogP contribution in [-0.4, -0.2) is 114 Å². The summed E-state index contributed by atoms with van der Waals surface area (Å²) in [5, 5.41) is 17.1. The first kappa shape index (κ1) is 115. The van der Waals surface area contributed by atoms with E-state index in [1.807, 2.05) is 6.92 Å². The molecule has 0 radical (unpaired) electrons. The number of methoxy groups -OCH3 is 1. The number of aryl methyl sites for hydroxylation is 3. The van der Waals surface area contributed by atoms with Crippen molar-refractivity contribution < 1.29 is 188 Å². The number of carbonyl (C=O) groups is 1. The number of halogens is 23. The molecule has 0 fully saturated rings. The molecule has 3 aromatic heterocycles. The zero-order chi connectivity index (χ0) is 100. The zero-order valence-corrected chi connectivity index (χ0v) is 79.5. The number of imidazole rings is 3. The fourth-order valence-electron chi connectivity index (χ4n) is 10.3. The molecule has 13 aromatic rings. The molecule has 712 valence electrons. The maximum atomic E-state index is 14.2. The Bertz CT molecular complexity index is 6900. The summed E-state index contributed by atoms with van der Waals surface area (Å²) in [5.74, 6) is -4.04. The minimum Gasteiger partial charge on any atom is -0.768 e. The molecule has 0 aliphatic carbocycles. The summed E-state index contributed by atoms with van der Waals surface area (Å²) in [6, 6.07) is 40.9. The molecular formula is C80H59BBr2Cl2F19N6NaO17S6. The Morgan fingerprint density at radius 3 is 1.15 bits per heavy atom. The number of aromatic amines is 1. The normalized spacial score (nSPS) is 12.0. The summed E-state index contributed by atoms with van der Waals surface area (Å²) in [6.45, 7) is 5.08. The Morgan fingerprint density at radius 1 is 0.470 bits per heavy atom. The predicted molar refractivity (Wildman–Crippen MR) is 453 cm³/mol. The summed E-state index contributed by atoms with van der Waals surface area (Å²) in [7, 11) is -11.5. The third-order valence-corrected chi connectivity index (χ3v) is 25.4. The number of ether oxygens (including phenoxy) is 1. The molecule has 10 aromatic carbocycles. The van der Waals surface area contributed by atoms with Gasteiger partial charge in [-0.1, -0.05) is 123 Å². The fourth-order valence-corrected chi connectivity index (χ4v) is 16.6. The van der Waals surface area contributed by atoms with E-state index in [1.54, 1.807) is 55.7 Å². The van der Waals surface area contributed by atoms with Crippen LogP contribution in [0.2, 0.25) is 0 Å². The van der Waals surface area contributed by atoms with Gasteiger partial charge in [-0.2, -0.15) is 74.3 Å². The van der Waals surface area contributed by atoms with Crippen molar-refractivity contribution >= 4 is 131 Å². The first-order valence-corrected chi connectivity index (χ1v) is 47.2. The fraction of sp³-hybridized carbons (Fsp3) is 0.125. The number of rotatable bonds is 15. The van der Waals surface area contributed by atoms with Crippen molar-refractivity contribution in [2.24, 2.45) is 0 Å². The standard InChI is InChI=1S/C17H12F4N2O2S.C13H7ClF4O2S.C13H8F4O2S.C10H9BrN2O2S.C10H9F3O5S.C7H5BF4O2.C6H4BrClO2S.C4H6N2.Na/c1-11-22-7-8-23(11)26(24,25)14-4-2-3-12(9-14)15-6-5-13(10-16(15)18)17(19,20)21;14-21(19,20)10-3-1-2-8(6-10)11-5-4-9(7-12(11)15)13(16,17)18;14-12-7-9(13(15,16)17)4-5-11(12)8-2-1-3-10(6-8)20(18)19;1-8-12-5-6-13(8)16(14,15)10-4-2-3-9(11)7-10;1-17-9(14)6-7-3-2-4-8(5-7)18-19(15,16)10(11,12)13;9-6-3-4(7(10,11)12)1-2-5(6)8(13)14;7-5-2-1-3-6(4-5)11(8,9)10;1-4-5-2-3-6-4;/h2-10H,1H3;1-7H;1-7H,(H,18,19);2-7H,1H3;2-5H,6H2,1H3;1-3,13-14H;1-4H;2-3H,1H3,(H,5,6);/q;;;;;;;;+1/p-1. The zero-order valence-electron chi connectivity index (χ0n) is 67.9. The molecule has 0 spiro atoms. The van der Waals surface area contributed by atoms with E-state index in [0.717, 1.165) is 79.9 Å². The van der Waals surface area contributed by atoms with Crippen LogP contribution in [0.4, 0.5) is 83.4 Å². The summed E-state index contributed by atoms with van der Waals surface area (Å²) in [5.41, 5.74) is -10.2. The van der Waals surface area contributed by atoms with Crippen molar-refractivity contribution in [3.05, 3.63) is 333 Å². The monoisotopic (exact) mass is 2190 g/mol. The second-order valence-electron chi connectivity index (χ2n) is 25.9. The van der Waals surface area contributed by atoms with Crippen LogP contribution >= 0.6 is 53.2 Å². The second-order valence-corrected chi connectivity index (χ2v) is 39.0. The quantitative estimate of drug-likeness (QED) is 0.0163. The van der Waals surface area contributed by atoms with Crippen LogP contribution in [0.1, 0.15) is 45.3 Å². The molecule has 0 saturated heterocycles. The number of hydrogen-bond donors (Lipinski definition) is 3. The molecule has 1 atom stereocenters. The minimum atomic E-state index is -5.72. The molecule has 0 aliphatic heterocycles. The smallest absolute Gasteiger partial charge is 0.768 e. The van der Waals surface area contributed by atoms with Crippen LogP contribution in [0.3, 0.4) is 0 Å². The van der Waals surface area contributed by atoms with Crippen LogP contribution in [-0.2, 0) is 100 Å². The van der Waals surface area contributed by atoms with Crippen molar-refractivity contribution in [1.82, 2.24) is 27.9 Å². The first-order chi connectivity index (χ1) is 61.4. The van der Waals surface area contributed by atoms with Crippen LogP contribution in [0.25, 0.3) is 33.4 Å². The molecule has 3 N–H and O–H groups in total. The van der Waals surface area contributed by atoms with Gasteiger partial charge in [-0.3, -0.25) is 9.00 Å². The molecular weight excluding hydrogens is 2130 g/mol. The molecule has 13 rings (SSSR count). The van der Waals surface area contributed by atoms with E-state index in [1.165, 1.54) is 123 Å². The Kier molecular flexibility index (Phi) is 41.3. The van der Waals surface area contributed by atoms with Crippen LogP contribution < -0.4 is 39.2 Å². The number of nitrogens with one attached hydrogen (secondary N) is 1. The van der Waals surface area contributed by atoms with Gasteiger partial charge in [-0.25, -0.2) is 74.1 Å². The van der Waals surface area contributed by atoms with Gasteiger partial charge in [0.25, 0.3) is 38.1 Å². The van der Waals surface area contributed by atoms with Gasteiger partial charge in [0.1, 0.15) is 46.5 Å². The predicted octanol–water partition coefficient (Wildman–Crippen LogP) is 16.9. The van der Waals surface area contributed by atoms with Gasteiger partial charge in [0.2, 0.25) is 0 Å². The van der Waals surface area contributed by atoms with Crippen molar-refractivity contribution in [3.8, 4) is 39.1 Å². The molecule has 23 nitrogen and oxygen atoms in total. The molecule has 134 heavy (non-hydrogen) atoms. The van der Waals surface area contributed by atoms with Crippen molar-refractivity contribution in [2.45, 2.75) is 81.9 Å². The molecule has 3 heterocycles. The van der Waals surface area contributed by atoms with Crippen molar-refractivity contribution in [2.75, 3.05) is 7.11 Å². The van der Waals surface area contributed by atoms with Gasteiger partial charge in [0.15, 0.2) is 0 Å². The number of carbonyl (C=O) groups excluding carboxylic acids is 1. The second kappa shape index (κ2) is 48.3. The Balaban J connectivity index is 0.000000276. The number of esters is 1. The third-order valence-electron chi connectivity index (χ3n) is 16.6. The van der Waals surface area contributed by atoms with E-state index in [0.29, 0.717) is 40.6 Å². The molecule has 0 aliphatic rings. The van der Waals surface area contributed by atoms with Crippen molar-refractivity contribution in [3.63, 3.8) is 0 Å². The molecule has 0 amide bonds. The van der Waals surface area contributed by atoms with Gasteiger partial charge in [-0.05, 0) is 181 Å². The average molecular weight is 2190 g/mol. The number of hydrogen-bond acceptors (Lipinski definition) is 20. The summed E-state index contributed by atoms with van der Waals surface area (Å²) in [4.78, 5) is 25.4. The van der Waals surface area contributed by atoms with E-state index in [-0.39, 0.29) is 111 Å². The van der Waals surface area contributed by atoms with Gasteiger partial charge in [0.05, 0.1) is 55.4 Å². The first-order valence-electron chi connectivity index (χ1n) is 35.6. The Hall–Kier alpha value is -9.85. The molecule has 0 saturated carbocycles. The number of nitrogens with zero attached hydrogens (tertiary/aromatic N) is 5. The third kappa shape index (κ3) is 34.1. The van der Waals surface area contributed by atoms with Gasteiger partial charge >= 0.3 is 83.0 Å².